The Bertz CT molecular complexity index is 51.5. The normalized spacial score (nSPS) is 7.00. The zero-order chi connectivity index (χ0) is 4.99. The first-order valence-electron chi connectivity index (χ1n) is 1.22. The Morgan fingerprint density at radius 2 is 2.50 bits per heavy atom. The maximum Gasteiger partial charge on any atom is 0.308 e. The van der Waals surface area contributed by atoms with Crippen LogP contribution in [0.25, 0.3) is 0 Å². The molecule has 33 valence electrons. The van der Waals surface area contributed by atoms with Crippen molar-refractivity contribution in [3.8, 4) is 0 Å². The molecule has 0 atom stereocenters. The largest absolute Gasteiger partial charge is 0.308 e. The smallest absolute Gasteiger partial charge is 0.289 e. The lowest BCUT2D eigenvalue weighted by atomic mass is 10.1. The van der Waals surface area contributed by atoms with Crippen LogP contribution < -0.4 is 5.48 Å². The van der Waals surface area contributed by atoms with Crippen molar-refractivity contribution in [2.24, 2.45) is 0 Å². The summed E-state index contributed by atoms with van der Waals surface area (Å²) in [6.45, 7) is 0.917. The van der Waals surface area contributed by atoms with Crippen molar-refractivity contribution in [2.75, 3.05) is 0 Å². The molecule has 0 saturated carbocycles. The molecule has 0 unspecified atom stereocenters. The minimum absolute atomic E-state index is 0.613. The van der Waals surface area contributed by atoms with E-state index in [4.69, 9.17) is 5.21 Å². The molecule has 0 bridgehead atoms. The van der Waals surface area contributed by atoms with Gasteiger partial charge in [0.05, 0.1) is 0 Å². The molecule has 3 nitrogen and oxygen atoms in total. The van der Waals surface area contributed by atoms with Gasteiger partial charge in [-0.1, -0.05) is 0 Å². The van der Waals surface area contributed by atoms with E-state index in [0.717, 1.165) is 6.56 Å². The number of amides is 1. The van der Waals surface area contributed by atoms with E-state index in [1.54, 1.807) is 0 Å². The van der Waals surface area contributed by atoms with Gasteiger partial charge in [0, 0.05) is 0 Å². The molecular formula is CH3BNO2S. The molecule has 0 spiro atoms. The summed E-state index contributed by atoms with van der Waals surface area (Å²) in [5.41, 5.74) is 1.34. The minimum Gasteiger partial charge on any atom is -0.289 e. The first kappa shape index (κ1) is 5.84. The number of rotatable bonds is 1. The SMILES string of the molecule is O=C([B]S)NO. The first-order chi connectivity index (χ1) is 2.81. The summed E-state index contributed by atoms with van der Waals surface area (Å²) in [5.74, 6) is -0.613. The summed E-state index contributed by atoms with van der Waals surface area (Å²) in [6, 6.07) is 0. The first-order valence-corrected chi connectivity index (χ1v) is 1.74. The van der Waals surface area contributed by atoms with Gasteiger partial charge in [-0.3, -0.25) is 10.0 Å². The van der Waals surface area contributed by atoms with Crippen molar-refractivity contribution in [1.82, 2.24) is 5.48 Å². The van der Waals surface area contributed by atoms with Crippen LogP contribution in [0.2, 0.25) is 0 Å². The van der Waals surface area contributed by atoms with E-state index in [-0.39, 0.29) is 0 Å². The Labute approximate surface area is 41.2 Å². The molecule has 0 saturated heterocycles. The Kier molecular flexibility index (Phi) is 2.97. The van der Waals surface area contributed by atoms with Crippen molar-refractivity contribution < 1.29 is 10.0 Å². The molecule has 1 amide bonds. The van der Waals surface area contributed by atoms with Gasteiger partial charge >= 0.3 is 6.56 Å². The molecule has 1 radical (unpaired) electrons. The molecule has 0 heterocycles. The molecule has 5 heteroatoms. The summed E-state index contributed by atoms with van der Waals surface area (Å²) in [7, 11) is 0. The fraction of sp³-hybridized carbons (Fsp3) is 0. The summed E-state index contributed by atoms with van der Waals surface area (Å²) in [4.78, 5) is 9.69. The highest BCUT2D eigenvalue weighted by atomic mass is 32.1. The molecule has 0 rings (SSSR count). The van der Waals surface area contributed by atoms with Crippen LogP contribution in [0.15, 0.2) is 0 Å². The monoisotopic (exact) mass is 104 g/mol. The van der Waals surface area contributed by atoms with Crippen LogP contribution in [0, 0.1) is 0 Å². The Balaban J connectivity index is 2.99. The molecule has 0 aromatic heterocycles. The van der Waals surface area contributed by atoms with Gasteiger partial charge in [-0.2, -0.15) is 0 Å². The van der Waals surface area contributed by atoms with E-state index >= 15 is 0 Å². The summed E-state index contributed by atoms with van der Waals surface area (Å²) in [6.07, 6.45) is 0. The summed E-state index contributed by atoms with van der Waals surface area (Å²) in [5, 5.41) is 7.66. The van der Waals surface area contributed by atoms with Crippen molar-refractivity contribution in [3.05, 3.63) is 0 Å². The van der Waals surface area contributed by atoms with Gasteiger partial charge in [-0.25, -0.2) is 18.0 Å². The van der Waals surface area contributed by atoms with Crippen LogP contribution in [0.3, 0.4) is 0 Å². The fourth-order valence-corrected chi connectivity index (χ4v) is 0.0866. The standard InChI is InChI=1S/CH3BNO2S/c4-1(2-6)3-5/h5-6H,(H,3,4). The number of nitrogens with one attached hydrogen (secondary N) is 1. The Hall–Kier alpha value is -0.155. The third kappa shape index (κ3) is 2.11. The van der Waals surface area contributed by atoms with Gasteiger partial charge in [0.2, 0.25) is 5.81 Å². The minimum atomic E-state index is -0.613. The van der Waals surface area contributed by atoms with E-state index < -0.39 is 5.81 Å². The molecule has 2 N–H and O–H groups in total. The molecule has 0 aliphatic carbocycles. The van der Waals surface area contributed by atoms with Crippen molar-refractivity contribution >= 4 is 24.8 Å². The molecule has 0 aromatic rings. The lowest BCUT2D eigenvalue weighted by Crippen LogP contribution is -2.19. The highest BCUT2D eigenvalue weighted by Crippen LogP contribution is 1.66. The van der Waals surface area contributed by atoms with Crippen LogP contribution in [0.5, 0.6) is 0 Å². The Morgan fingerprint density at radius 1 is 2.00 bits per heavy atom. The van der Waals surface area contributed by atoms with Crippen LogP contribution >= 0.6 is 12.5 Å². The average Bonchev–Trinajstić information content (AvgIpc) is 1.65. The number of thiol groups is 1. The Morgan fingerprint density at radius 3 is 2.50 bits per heavy atom. The number of hydrogen-bond donors (Lipinski definition) is 3. The predicted molar refractivity (Wildman–Crippen MR) is 25.1 cm³/mol. The third-order valence-electron chi connectivity index (χ3n) is 0.227. The fourth-order valence-electron chi connectivity index (χ4n) is 0.0289. The van der Waals surface area contributed by atoms with E-state index in [0.29, 0.717) is 0 Å². The summed E-state index contributed by atoms with van der Waals surface area (Å²) >= 11 is 3.40. The second-order valence-electron chi connectivity index (χ2n) is 0.605. The van der Waals surface area contributed by atoms with Crippen LogP contribution in [-0.4, -0.2) is 17.6 Å². The highest BCUT2D eigenvalue weighted by Gasteiger charge is 1.91. The van der Waals surface area contributed by atoms with E-state index in [2.05, 4.69) is 12.5 Å². The molecule has 0 aliphatic rings. The maximum absolute atomic E-state index is 9.69. The van der Waals surface area contributed by atoms with Gasteiger partial charge in [0.1, 0.15) is 0 Å². The zero-order valence-corrected chi connectivity index (χ0v) is 3.77. The zero-order valence-electron chi connectivity index (χ0n) is 2.88. The van der Waals surface area contributed by atoms with Gasteiger partial charge in [-0.15, -0.1) is 0 Å². The predicted octanol–water partition coefficient (Wildman–Crippen LogP) is -0.366. The third-order valence-corrected chi connectivity index (χ3v) is 0.462. The quantitative estimate of drug-likeness (QED) is 0.184. The van der Waals surface area contributed by atoms with Crippen LogP contribution in [-0.2, 0) is 0 Å². The number of hydroxylamine groups is 1. The second-order valence-corrected chi connectivity index (χ2v) is 0.863. The van der Waals surface area contributed by atoms with E-state index in [1.165, 1.54) is 5.48 Å². The second kappa shape index (κ2) is 3.05. The number of carbonyl (C=O) groups excluding carboxylic acids is 1. The van der Waals surface area contributed by atoms with Gasteiger partial charge < -0.3 is 0 Å². The molecule has 0 aromatic carbocycles. The number of carbonyl (C=O) groups is 1. The van der Waals surface area contributed by atoms with Crippen molar-refractivity contribution in [1.29, 1.82) is 0 Å². The maximum atomic E-state index is 9.69. The lowest BCUT2D eigenvalue weighted by Gasteiger charge is -1.84. The molecular weight excluding hydrogens is 101 g/mol. The van der Waals surface area contributed by atoms with Crippen molar-refractivity contribution in [3.63, 3.8) is 0 Å². The van der Waals surface area contributed by atoms with Crippen LogP contribution in [0.4, 0.5) is 4.79 Å². The van der Waals surface area contributed by atoms with Gasteiger partial charge in [0.25, 0.3) is 0 Å². The molecule has 0 fully saturated rings. The van der Waals surface area contributed by atoms with E-state index in [9.17, 15) is 4.79 Å². The topological polar surface area (TPSA) is 49.3 Å². The lowest BCUT2D eigenvalue weighted by molar-refractivity contribution is 0.179. The highest BCUT2D eigenvalue weighted by molar-refractivity contribution is 8.09. The van der Waals surface area contributed by atoms with Crippen LogP contribution in [0.1, 0.15) is 0 Å². The van der Waals surface area contributed by atoms with E-state index in [1.807, 2.05) is 0 Å². The number of hydrogen-bond acceptors (Lipinski definition) is 3. The van der Waals surface area contributed by atoms with Gasteiger partial charge in [0.15, 0.2) is 0 Å². The average molecular weight is 104 g/mol. The summed E-state index contributed by atoms with van der Waals surface area (Å²) < 4.78 is 0. The van der Waals surface area contributed by atoms with Gasteiger partial charge in [-0.05, 0) is 0 Å². The van der Waals surface area contributed by atoms with Crippen molar-refractivity contribution in [2.45, 2.75) is 0 Å². The molecule has 0 aliphatic heterocycles. The molecule has 6 heavy (non-hydrogen) atoms.